The number of hydrogen-bond acceptors (Lipinski definition) is 4. The Morgan fingerprint density at radius 2 is 1.80 bits per heavy atom. The van der Waals surface area contributed by atoms with Crippen LogP contribution in [0.2, 0.25) is 5.02 Å². The Balaban J connectivity index is 2.33. The van der Waals surface area contributed by atoms with Crippen molar-refractivity contribution in [2.75, 3.05) is 0 Å². The summed E-state index contributed by atoms with van der Waals surface area (Å²) in [5.74, 6) is 0.00160. The summed E-state index contributed by atoms with van der Waals surface area (Å²) in [4.78, 5) is 9.75. The number of aryl methyl sites for hydroxylation is 2. The molecule has 0 aliphatic rings. The molecule has 0 atom stereocenters. The number of aromatic nitrogens is 2. The molecule has 2 rings (SSSR count). The fraction of sp³-hybridized carbons (Fsp3) is 0.214. The van der Waals surface area contributed by atoms with Crippen LogP contribution in [0.5, 0.6) is 0 Å². The van der Waals surface area contributed by atoms with Crippen molar-refractivity contribution in [3.8, 4) is 0 Å². The molecule has 0 spiro atoms. The molecule has 1 aromatic carbocycles. The van der Waals surface area contributed by atoms with Gasteiger partial charge in [-0.05, 0) is 50.2 Å². The van der Waals surface area contributed by atoms with Gasteiger partial charge in [-0.25, -0.2) is 9.97 Å². The Hall–Kier alpha value is -1.59. The van der Waals surface area contributed by atoms with Gasteiger partial charge >= 0.3 is 0 Å². The SMILES string of the molecule is Cc1nc(Sc2ccc(C(=N)N)cc2Cl)nc(C)c1C. The van der Waals surface area contributed by atoms with E-state index in [0.717, 1.165) is 21.8 Å². The van der Waals surface area contributed by atoms with Crippen molar-refractivity contribution in [1.29, 1.82) is 5.41 Å². The zero-order valence-electron chi connectivity index (χ0n) is 11.5. The van der Waals surface area contributed by atoms with E-state index in [2.05, 4.69) is 9.97 Å². The molecule has 0 amide bonds. The smallest absolute Gasteiger partial charge is 0.192 e. The monoisotopic (exact) mass is 306 g/mol. The average Bonchev–Trinajstić information content (AvgIpc) is 2.38. The summed E-state index contributed by atoms with van der Waals surface area (Å²) in [5, 5.41) is 8.60. The number of nitrogens with one attached hydrogen (secondary N) is 1. The van der Waals surface area contributed by atoms with Gasteiger partial charge in [-0.1, -0.05) is 17.7 Å². The molecule has 0 saturated carbocycles. The molecule has 4 nitrogen and oxygen atoms in total. The molecule has 3 N–H and O–H groups in total. The predicted octanol–water partition coefficient (Wildman–Crippen LogP) is 3.49. The first-order valence-electron chi connectivity index (χ1n) is 6.02. The minimum atomic E-state index is 0.00160. The number of hydrogen-bond donors (Lipinski definition) is 2. The second kappa shape index (κ2) is 5.81. The summed E-state index contributed by atoms with van der Waals surface area (Å²) in [6.07, 6.45) is 0. The van der Waals surface area contributed by atoms with E-state index in [1.165, 1.54) is 11.8 Å². The highest BCUT2D eigenvalue weighted by molar-refractivity contribution is 7.99. The number of nitrogens with zero attached hydrogens (tertiary/aromatic N) is 2. The molecule has 2 aromatic rings. The molecule has 1 aromatic heterocycles. The van der Waals surface area contributed by atoms with Crippen LogP contribution in [0.3, 0.4) is 0 Å². The van der Waals surface area contributed by atoms with Crippen LogP contribution in [0.15, 0.2) is 28.3 Å². The van der Waals surface area contributed by atoms with Gasteiger partial charge in [0.2, 0.25) is 0 Å². The van der Waals surface area contributed by atoms with E-state index in [1.807, 2.05) is 26.8 Å². The summed E-state index contributed by atoms with van der Waals surface area (Å²) in [7, 11) is 0. The van der Waals surface area contributed by atoms with Crippen molar-refractivity contribution in [2.45, 2.75) is 30.8 Å². The largest absolute Gasteiger partial charge is 0.384 e. The van der Waals surface area contributed by atoms with Gasteiger partial charge in [-0.2, -0.15) is 0 Å². The third-order valence-corrected chi connectivity index (χ3v) is 4.42. The first-order valence-corrected chi connectivity index (χ1v) is 7.21. The fourth-order valence-electron chi connectivity index (χ4n) is 1.64. The van der Waals surface area contributed by atoms with Gasteiger partial charge in [0.05, 0.1) is 5.02 Å². The summed E-state index contributed by atoms with van der Waals surface area (Å²) in [6.45, 7) is 5.94. The zero-order chi connectivity index (χ0) is 14.9. The molecule has 0 radical (unpaired) electrons. The summed E-state index contributed by atoms with van der Waals surface area (Å²) >= 11 is 7.61. The lowest BCUT2D eigenvalue weighted by molar-refractivity contribution is 0.881. The van der Waals surface area contributed by atoms with Gasteiger partial charge in [0.15, 0.2) is 5.16 Å². The lowest BCUT2D eigenvalue weighted by Crippen LogP contribution is -2.10. The average molecular weight is 307 g/mol. The second-order valence-corrected chi connectivity index (χ2v) is 5.88. The first-order chi connectivity index (χ1) is 9.38. The Bertz CT molecular complexity index is 662. The van der Waals surface area contributed by atoms with E-state index in [9.17, 15) is 0 Å². The lowest BCUT2D eigenvalue weighted by Gasteiger charge is -2.08. The standard InChI is InChI=1S/C14H15ClN4S/c1-7-8(2)18-14(19-9(7)3)20-12-5-4-10(13(16)17)6-11(12)15/h4-6H,1-3H3,(H3,16,17). The molecule has 0 unspecified atom stereocenters. The van der Waals surface area contributed by atoms with Crippen LogP contribution in [-0.2, 0) is 0 Å². The Morgan fingerprint density at radius 3 is 2.30 bits per heavy atom. The van der Waals surface area contributed by atoms with Gasteiger partial charge in [0.25, 0.3) is 0 Å². The number of nitrogen functional groups attached to an aromatic ring is 1. The van der Waals surface area contributed by atoms with Crippen molar-refractivity contribution < 1.29 is 0 Å². The number of rotatable bonds is 3. The quantitative estimate of drug-likeness (QED) is 0.517. The molecule has 0 aliphatic heterocycles. The molecule has 6 heteroatoms. The van der Waals surface area contributed by atoms with Gasteiger partial charge in [0.1, 0.15) is 5.84 Å². The predicted molar refractivity (Wildman–Crippen MR) is 82.8 cm³/mol. The second-order valence-electron chi connectivity index (χ2n) is 4.46. The molecule has 0 aliphatic carbocycles. The highest BCUT2D eigenvalue weighted by atomic mass is 35.5. The highest BCUT2D eigenvalue weighted by Gasteiger charge is 2.10. The maximum Gasteiger partial charge on any atom is 0.192 e. The van der Waals surface area contributed by atoms with Crippen LogP contribution in [0.4, 0.5) is 0 Å². The molecule has 0 fully saturated rings. The normalized spacial score (nSPS) is 10.6. The van der Waals surface area contributed by atoms with Gasteiger partial charge in [-0.3, -0.25) is 5.41 Å². The number of benzene rings is 1. The van der Waals surface area contributed by atoms with Gasteiger partial charge in [-0.15, -0.1) is 0 Å². The van der Waals surface area contributed by atoms with Crippen LogP contribution in [0.25, 0.3) is 0 Å². The van der Waals surface area contributed by atoms with E-state index in [1.54, 1.807) is 12.1 Å². The summed E-state index contributed by atoms with van der Waals surface area (Å²) < 4.78 is 0. The molecular weight excluding hydrogens is 292 g/mol. The van der Waals surface area contributed by atoms with E-state index in [0.29, 0.717) is 15.7 Å². The van der Waals surface area contributed by atoms with Crippen LogP contribution in [0.1, 0.15) is 22.5 Å². The zero-order valence-corrected chi connectivity index (χ0v) is 13.1. The maximum atomic E-state index is 7.39. The Kier molecular flexibility index (Phi) is 4.30. The van der Waals surface area contributed by atoms with Crippen LogP contribution < -0.4 is 5.73 Å². The Morgan fingerprint density at radius 1 is 1.20 bits per heavy atom. The van der Waals surface area contributed by atoms with Crippen molar-refractivity contribution in [3.05, 3.63) is 45.7 Å². The minimum Gasteiger partial charge on any atom is -0.384 e. The van der Waals surface area contributed by atoms with Crippen molar-refractivity contribution in [1.82, 2.24) is 9.97 Å². The number of nitrogens with two attached hydrogens (primary N) is 1. The maximum absolute atomic E-state index is 7.39. The van der Waals surface area contributed by atoms with Crippen molar-refractivity contribution in [2.24, 2.45) is 5.73 Å². The number of amidine groups is 1. The molecule has 0 bridgehead atoms. The molecule has 0 saturated heterocycles. The summed E-state index contributed by atoms with van der Waals surface area (Å²) in [6, 6.07) is 5.28. The number of halogens is 1. The van der Waals surface area contributed by atoms with Crippen molar-refractivity contribution in [3.63, 3.8) is 0 Å². The molecular formula is C14H15ClN4S. The van der Waals surface area contributed by atoms with Crippen LogP contribution in [-0.4, -0.2) is 15.8 Å². The third-order valence-electron chi connectivity index (χ3n) is 3.06. The lowest BCUT2D eigenvalue weighted by atomic mass is 10.2. The topological polar surface area (TPSA) is 75.7 Å². The molecule has 1 heterocycles. The third kappa shape index (κ3) is 3.11. The summed E-state index contributed by atoms with van der Waals surface area (Å²) in [5.41, 5.74) is 9.08. The van der Waals surface area contributed by atoms with Crippen LogP contribution >= 0.6 is 23.4 Å². The van der Waals surface area contributed by atoms with Crippen LogP contribution in [0, 0.1) is 26.2 Å². The Labute approximate surface area is 127 Å². The van der Waals surface area contributed by atoms with E-state index in [-0.39, 0.29) is 5.84 Å². The molecule has 104 valence electrons. The molecule has 20 heavy (non-hydrogen) atoms. The van der Waals surface area contributed by atoms with Gasteiger partial charge < -0.3 is 5.73 Å². The van der Waals surface area contributed by atoms with Gasteiger partial charge in [0, 0.05) is 21.8 Å². The fourth-order valence-corrected chi connectivity index (χ4v) is 2.79. The van der Waals surface area contributed by atoms with Crippen molar-refractivity contribution >= 4 is 29.2 Å². The first kappa shape index (κ1) is 14.8. The van der Waals surface area contributed by atoms with E-state index in [4.69, 9.17) is 22.7 Å². The minimum absolute atomic E-state index is 0.00160. The highest BCUT2D eigenvalue weighted by Crippen LogP contribution is 2.32. The van der Waals surface area contributed by atoms with E-state index < -0.39 is 0 Å². The van der Waals surface area contributed by atoms with E-state index >= 15 is 0 Å².